The zero-order valence-electron chi connectivity index (χ0n) is 19.0. The van der Waals surface area contributed by atoms with E-state index in [0.29, 0.717) is 0 Å². The predicted molar refractivity (Wildman–Crippen MR) is 128 cm³/mol. The van der Waals surface area contributed by atoms with E-state index in [1.54, 1.807) is 6.07 Å². The first-order valence-electron chi connectivity index (χ1n) is 11.6. The molecule has 0 spiro atoms. The average molecular weight is 460 g/mol. The van der Waals surface area contributed by atoms with E-state index in [1.165, 1.54) is 17.2 Å². The maximum Gasteiger partial charge on any atom is 0.287 e. The van der Waals surface area contributed by atoms with E-state index in [4.69, 9.17) is 4.42 Å². The number of nitrogens with one attached hydrogen (secondary N) is 2. The van der Waals surface area contributed by atoms with Crippen LogP contribution in [-0.4, -0.2) is 35.2 Å². The van der Waals surface area contributed by atoms with Crippen molar-refractivity contribution in [2.24, 2.45) is 0 Å². The number of carbonyl (C=O) groups is 3. The Balaban J connectivity index is 1.60. The van der Waals surface area contributed by atoms with Crippen LogP contribution in [0.4, 0.5) is 0 Å². The molecule has 2 aromatic carbocycles. The van der Waals surface area contributed by atoms with Gasteiger partial charge in [0, 0.05) is 12.6 Å². The zero-order chi connectivity index (χ0) is 23.8. The maximum absolute atomic E-state index is 13.6. The average Bonchev–Trinajstić information content (AvgIpc) is 3.58. The van der Waals surface area contributed by atoms with E-state index >= 15 is 0 Å². The van der Waals surface area contributed by atoms with E-state index in [-0.39, 0.29) is 36.7 Å². The molecule has 1 aliphatic rings. The lowest BCUT2D eigenvalue weighted by atomic mass is 10.0. The van der Waals surface area contributed by atoms with E-state index in [9.17, 15) is 14.4 Å². The van der Waals surface area contributed by atoms with Crippen LogP contribution in [0.2, 0.25) is 0 Å². The summed E-state index contributed by atoms with van der Waals surface area (Å²) in [6.07, 6.45) is 5.47. The van der Waals surface area contributed by atoms with Crippen LogP contribution in [0.15, 0.2) is 83.5 Å². The van der Waals surface area contributed by atoms with E-state index in [1.807, 2.05) is 60.7 Å². The van der Waals surface area contributed by atoms with Crippen LogP contribution in [0.5, 0.6) is 0 Å². The molecule has 7 nitrogen and oxygen atoms in total. The van der Waals surface area contributed by atoms with E-state index in [2.05, 4.69) is 10.6 Å². The smallest absolute Gasteiger partial charge is 0.287 e. The van der Waals surface area contributed by atoms with Gasteiger partial charge < -0.3 is 20.0 Å². The maximum atomic E-state index is 13.6. The molecule has 1 atom stereocenters. The number of amides is 3. The molecule has 1 fully saturated rings. The lowest BCUT2D eigenvalue weighted by Crippen LogP contribution is -2.48. The highest BCUT2D eigenvalue weighted by Gasteiger charge is 2.33. The van der Waals surface area contributed by atoms with Crippen LogP contribution >= 0.6 is 0 Å². The molecule has 2 N–H and O–H groups in total. The third kappa shape index (κ3) is 5.92. The van der Waals surface area contributed by atoms with Gasteiger partial charge in [-0.25, -0.2) is 0 Å². The van der Waals surface area contributed by atoms with Crippen LogP contribution in [0.3, 0.4) is 0 Å². The van der Waals surface area contributed by atoms with Gasteiger partial charge in [-0.3, -0.25) is 14.4 Å². The lowest BCUT2D eigenvalue weighted by Gasteiger charge is -2.32. The van der Waals surface area contributed by atoms with Gasteiger partial charge in [0.2, 0.25) is 11.8 Å². The minimum Gasteiger partial charge on any atom is -0.459 e. The molecular weight excluding hydrogens is 430 g/mol. The molecule has 176 valence electrons. The minimum atomic E-state index is -0.824. The summed E-state index contributed by atoms with van der Waals surface area (Å²) in [7, 11) is 0. The Kier molecular flexibility index (Phi) is 7.75. The van der Waals surface area contributed by atoms with Gasteiger partial charge in [-0.2, -0.15) is 0 Å². The highest BCUT2D eigenvalue weighted by atomic mass is 16.3. The number of hydrogen-bond donors (Lipinski definition) is 2. The molecule has 7 heteroatoms. The fourth-order valence-electron chi connectivity index (χ4n) is 4.31. The highest BCUT2D eigenvalue weighted by Crippen LogP contribution is 2.26. The van der Waals surface area contributed by atoms with Crippen LogP contribution in [0.1, 0.15) is 53.4 Å². The van der Waals surface area contributed by atoms with Crippen molar-refractivity contribution in [1.29, 1.82) is 0 Å². The quantitative estimate of drug-likeness (QED) is 0.509. The van der Waals surface area contributed by atoms with Gasteiger partial charge in [0.15, 0.2) is 5.76 Å². The molecule has 0 aliphatic heterocycles. The number of nitrogens with zero attached hydrogens (tertiary/aromatic N) is 1. The van der Waals surface area contributed by atoms with Crippen molar-refractivity contribution in [3.8, 4) is 0 Å². The minimum absolute atomic E-state index is 0.117. The monoisotopic (exact) mass is 459 g/mol. The van der Waals surface area contributed by atoms with E-state index < -0.39 is 11.9 Å². The largest absolute Gasteiger partial charge is 0.459 e. The molecule has 34 heavy (non-hydrogen) atoms. The summed E-state index contributed by atoms with van der Waals surface area (Å²) in [6, 6.07) is 21.3. The predicted octanol–water partition coefficient (Wildman–Crippen LogP) is 3.84. The molecule has 1 unspecified atom stereocenters. The summed E-state index contributed by atoms with van der Waals surface area (Å²) in [5, 5.41) is 5.76. The van der Waals surface area contributed by atoms with Crippen molar-refractivity contribution < 1.29 is 18.8 Å². The van der Waals surface area contributed by atoms with Crippen LogP contribution in [0, 0.1) is 0 Å². The first-order valence-corrected chi connectivity index (χ1v) is 11.6. The second kappa shape index (κ2) is 11.3. The molecule has 1 aliphatic carbocycles. The van der Waals surface area contributed by atoms with Gasteiger partial charge in [-0.1, -0.05) is 73.5 Å². The molecule has 1 aromatic heterocycles. The molecule has 3 aromatic rings. The van der Waals surface area contributed by atoms with Crippen molar-refractivity contribution in [2.75, 3.05) is 6.54 Å². The molecule has 1 saturated carbocycles. The SMILES string of the molecule is O=C(NCC(=O)N(Cc1ccccc1)C(C(=O)NC1CCCC1)c1ccccc1)c1ccco1. The summed E-state index contributed by atoms with van der Waals surface area (Å²) in [5.74, 6) is -0.926. The van der Waals surface area contributed by atoms with Gasteiger partial charge in [0.25, 0.3) is 5.91 Å². The van der Waals surface area contributed by atoms with Gasteiger partial charge in [-0.15, -0.1) is 0 Å². The second-order valence-electron chi connectivity index (χ2n) is 8.47. The first kappa shape index (κ1) is 23.3. The number of rotatable bonds is 9. The molecule has 3 amide bonds. The van der Waals surface area contributed by atoms with Crippen molar-refractivity contribution in [3.63, 3.8) is 0 Å². The Bertz CT molecular complexity index is 1080. The highest BCUT2D eigenvalue weighted by molar-refractivity contribution is 5.95. The Morgan fingerprint density at radius 3 is 2.24 bits per heavy atom. The lowest BCUT2D eigenvalue weighted by molar-refractivity contribution is -0.141. The second-order valence-corrected chi connectivity index (χ2v) is 8.47. The third-order valence-electron chi connectivity index (χ3n) is 6.04. The number of hydrogen-bond acceptors (Lipinski definition) is 4. The Labute approximate surface area is 199 Å². The fraction of sp³-hybridized carbons (Fsp3) is 0.296. The van der Waals surface area contributed by atoms with Crippen molar-refractivity contribution in [1.82, 2.24) is 15.5 Å². The van der Waals surface area contributed by atoms with Gasteiger partial charge in [0.1, 0.15) is 6.04 Å². The molecule has 4 rings (SSSR count). The van der Waals surface area contributed by atoms with Crippen molar-refractivity contribution >= 4 is 17.7 Å². The number of carbonyl (C=O) groups excluding carboxylic acids is 3. The summed E-state index contributed by atoms with van der Waals surface area (Å²) in [4.78, 5) is 40.9. The summed E-state index contributed by atoms with van der Waals surface area (Å²) < 4.78 is 5.11. The third-order valence-corrected chi connectivity index (χ3v) is 6.04. The molecule has 0 saturated heterocycles. The Morgan fingerprint density at radius 2 is 1.59 bits per heavy atom. The molecule has 0 bridgehead atoms. The Hall–Kier alpha value is -3.87. The van der Waals surface area contributed by atoms with Crippen LogP contribution < -0.4 is 10.6 Å². The van der Waals surface area contributed by atoms with Crippen LogP contribution in [-0.2, 0) is 16.1 Å². The topological polar surface area (TPSA) is 91.7 Å². The van der Waals surface area contributed by atoms with Crippen molar-refractivity contribution in [3.05, 3.63) is 95.9 Å². The molecule has 1 heterocycles. The van der Waals surface area contributed by atoms with Crippen LogP contribution in [0.25, 0.3) is 0 Å². The summed E-state index contributed by atoms with van der Waals surface area (Å²) in [5.41, 5.74) is 1.61. The van der Waals surface area contributed by atoms with E-state index in [0.717, 1.165) is 36.8 Å². The van der Waals surface area contributed by atoms with Gasteiger partial charge in [0.05, 0.1) is 12.8 Å². The summed E-state index contributed by atoms with van der Waals surface area (Å²) in [6.45, 7) is -0.0274. The molecule has 0 radical (unpaired) electrons. The normalized spacial score (nSPS) is 14.4. The van der Waals surface area contributed by atoms with Gasteiger partial charge in [-0.05, 0) is 36.1 Å². The fourth-order valence-corrected chi connectivity index (χ4v) is 4.31. The number of furan rings is 1. The Morgan fingerprint density at radius 1 is 0.912 bits per heavy atom. The zero-order valence-corrected chi connectivity index (χ0v) is 19.0. The summed E-state index contributed by atoms with van der Waals surface area (Å²) >= 11 is 0. The van der Waals surface area contributed by atoms with Gasteiger partial charge >= 0.3 is 0 Å². The number of benzene rings is 2. The standard InChI is InChI=1S/C27H29N3O4/c31-24(18-28-26(32)23-16-9-17-34-23)30(19-20-10-3-1-4-11-20)25(21-12-5-2-6-13-21)27(33)29-22-14-7-8-15-22/h1-6,9-13,16-17,22,25H,7-8,14-15,18-19H2,(H,28,32)(H,29,33). The van der Waals surface area contributed by atoms with Crippen molar-refractivity contribution in [2.45, 2.75) is 44.3 Å². The molecular formula is C27H29N3O4. The first-order chi connectivity index (χ1) is 16.6.